The predicted molar refractivity (Wildman–Crippen MR) is 90.8 cm³/mol. The lowest BCUT2D eigenvalue weighted by Crippen LogP contribution is -2.45. The molecule has 1 aromatic carbocycles. The highest BCUT2D eigenvalue weighted by Crippen LogP contribution is 2.22. The Hall–Kier alpha value is -2.50. The number of amides is 2. The van der Waals surface area contributed by atoms with Gasteiger partial charge in [0.2, 0.25) is 5.91 Å². The van der Waals surface area contributed by atoms with E-state index in [9.17, 15) is 19.2 Å². The minimum absolute atomic E-state index is 0.0103. The van der Waals surface area contributed by atoms with Gasteiger partial charge in [0.05, 0.1) is 12.0 Å². The van der Waals surface area contributed by atoms with Crippen molar-refractivity contribution in [1.82, 2.24) is 4.90 Å². The van der Waals surface area contributed by atoms with Gasteiger partial charge in [-0.05, 0) is 25.3 Å². The zero-order valence-corrected chi connectivity index (χ0v) is 14.6. The molecule has 1 aliphatic heterocycles. The van der Waals surface area contributed by atoms with E-state index in [0.717, 1.165) is 10.5 Å². The second-order valence-electron chi connectivity index (χ2n) is 6.22. The van der Waals surface area contributed by atoms with Crippen LogP contribution in [-0.2, 0) is 25.5 Å². The van der Waals surface area contributed by atoms with Crippen molar-refractivity contribution in [1.29, 1.82) is 0 Å². The maximum Gasteiger partial charge on any atom is 0.417 e. The molecule has 0 aliphatic carbocycles. The topological polar surface area (TPSA) is 80.8 Å². The Bertz CT molecular complexity index is 655. The number of Topliss-reactive ketones (excluding diaryl/α,β-unsaturated/α-hetero) is 2. The standard InChI is InChI=1S/C19H23NO5/c1-3-16(22)9-10-17(13(2)21)18(23)20-15(12-25-19(20)24)11-14-7-5-4-6-8-14/h4-8,15,17H,3,9-12H2,1-2H3/t15-,17-/m0/s1. The molecule has 1 saturated heterocycles. The monoisotopic (exact) mass is 345 g/mol. The normalized spacial score (nSPS) is 17.9. The average Bonchev–Trinajstić information content (AvgIpc) is 2.95. The van der Waals surface area contributed by atoms with Crippen molar-refractivity contribution in [3.05, 3.63) is 35.9 Å². The first kappa shape index (κ1) is 18.8. The third-order valence-electron chi connectivity index (χ3n) is 4.41. The Labute approximate surface area is 147 Å². The Morgan fingerprint density at radius 2 is 1.92 bits per heavy atom. The summed E-state index contributed by atoms with van der Waals surface area (Å²) in [6, 6.07) is 9.04. The fourth-order valence-electron chi connectivity index (χ4n) is 2.92. The number of ketones is 2. The fraction of sp³-hybridized carbons (Fsp3) is 0.474. The van der Waals surface area contributed by atoms with Crippen molar-refractivity contribution in [3.8, 4) is 0 Å². The molecule has 6 heteroatoms. The number of cyclic esters (lactones) is 1. The molecular formula is C19H23NO5. The molecule has 1 aromatic rings. The molecule has 1 fully saturated rings. The van der Waals surface area contributed by atoms with Crippen LogP contribution in [0.5, 0.6) is 0 Å². The summed E-state index contributed by atoms with van der Waals surface area (Å²) in [4.78, 5) is 49.3. The van der Waals surface area contributed by atoms with E-state index in [1.165, 1.54) is 6.92 Å². The van der Waals surface area contributed by atoms with Crippen molar-refractivity contribution in [3.63, 3.8) is 0 Å². The van der Waals surface area contributed by atoms with Gasteiger partial charge in [-0.25, -0.2) is 9.69 Å². The van der Waals surface area contributed by atoms with Crippen LogP contribution in [0, 0.1) is 5.92 Å². The Morgan fingerprint density at radius 3 is 2.52 bits per heavy atom. The molecular weight excluding hydrogens is 322 g/mol. The van der Waals surface area contributed by atoms with Gasteiger partial charge in [-0.15, -0.1) is 0 Å². The SMILES string of the molecule is CCC(=O)CC[C@@H](C(C)=O)C(=O)N1C(=O)OC[C@@H]1Cc1ccccc1. The maximum absolute atomic E-state index is 12.8. The number of imide groups is 1. The molecule has 134 valence electrons. The molecule has 0 spiro atoms. The number of nitrogens with zero attached hydrogens (tertiary/aromatic N) is 1. The van der Waals surface area contributed by atoms with Crippen molar-refractivity contribution < 1.29 is 23.9 Å². The third kappa shape index (κ3) is 4.75. The van der Waals surface area contributed by atoms with E-state index in [1.54, 1.807) is 6.92 Å². The first-order valence-corrected chi connectivity index (χ1v) is 8.50. The highest BCUT2D eigenvalue weighted by atomic mass is 16.6. The maximum atomic E-state index is 12.8. The van der Waals surface area contributed by atoms with E-state index in [4.69, 9.17) is 4.74 Å². The second kappa shape index (κ2) is 8.55. The average molecular weight is 345 g/mol. The van der Waals surface area contributed by atoms with Crippen LogP contribution >= 0.6 is 0 Å². The smallest absolute Gasteiger partial charge is 0.417 e. The summed E-state index contributed by atoms with van der Waals surface area (Å²) in [6.07, 6.45) is 0.387. The molecule has 2 rings (SSSR count). The van der Waals surface area contributed by atoms with E-state index in [2.05, 4.69) is 0 Å². The first-order chi connectivity index (χ1) is 11.9. The minimum Gasteiger partial charge on any atom is -0.447 e. The van der Waals surface area contributed by atoms with Crippen LogP contribution in [0.15, 0.2) is 30.3 Å². The van der Waals surface area contributed by atoms with Gasteiger partial charge in [0, 0.05) is 12.8 Å². The molecule has 2 amide bonds. The van der Waals surface area contributed by atoms with Crippen molar-refractivity contribution in [2.75, 3.05) is 6.61 Å². The Morgan fingerprint density at radius 1 is 1.24 bits per heavy atom. The van der Waals surface area contributed by atoms with Gasteiger partial charge in [-0.3, -0.25) is 14.4 Å². The molecule has 1 aliphatic rings. The molecule has 6 nitrogen and oxygen atoms in total. The Kier molecular flexibility index (Phi) is 6.44. The molecule has 0 unspecified atom stereocenters. The Balaban J connectivity index is 2.13. The highest BCUT2D eigenvalue weighted by molar-refractivity contribution is 6.06. The third-order valence-corrected chi connectivity index (χ3v) is 4.41. The van der Waals surface area contributed by atoms with Crippen LogP contribution in [0.2, 0.25) is 0 Å². The lowest BCUT2D eigenvalue weighted by Gasteiger charge is -2.23. The van der Waals surface area contributed by atoms with E-state index in [0.29, 0.717) is 12.8 Å². The molecule has 25 heavy (non-hydrogen) atoms. The molecule has 0 bridgehead atoms. The number of carbonyl (C=O) groups excluding carboxylic acids is 4. The van der Waals surface area contributed by atoms with Gasteiger partial charge < -0.3 is 4.74 Å². The zero-order chi connectivity index (χ0) is 18.4. The quantitative estimate of drug-likeness (QED) is 0.676. The van der Waals surface area contributed by atoms with E-state index >= 15 is 0 Å². The molecule has 0 aromatic heterocycles. The summed E-state index contributed by atoms with van der Waals surface area (Å²) < 4.78 is 5.04. The number of hydrogen-bond donors (Lipinski definition) is 0. The zero-order valence-electron chi connectivity index (χ0n) is 14.6. The fourth-order valence-corrected chi connectivity index (χ4v) is 2.92. The van der Waals surface area contributed by atoms with Crippen LogP contribution in [0.4, 0.5) is 4.79 Å². The first-order valence-electron chi connectivity index (χ1n) is 8.50. The summed E-state index contributed by atoms with van der Waals surface area (Å²) in [6.45, 7) is 3.16. The van der Waals surface area contributed by atoms with Crippen molar-refractivity contribution in [2.24, 2.45) is 5.92 Å². The molecule has 0 radical (unpaired) electrons. The van der Waals surface area contributed by atoms with Gasteiger partial charge in [-0.1, -0.05) is 37.3 Å². The number of hydrogen-bond acceptors (Lipinski definition) is 5. The number of benzene rings is 1. The van der Waals surface area contributed by atoms with Gasteiger partial charge >= 0.3 is 6.09 Å². The van der Waals surface area contributed by atoms with Crippen molar-refractivity contribution >= 4 is 23.6 Å². The van der Waals surface area contributed by atoms with E-state index in [1.807, 2.05) is 30.3 Å². The van der Waals surface area contributed by atoms with E-state index < -0.39 is 24.0 Å². The van der Waals surface area contributed by atoms with Gasteiger partial charge in [0.25, 0.3) is 0 Å². The van der Waals surface area contributed by atoms with Crippen LogP contribution in [0.1, 0.15) is 38.7 Å². The minimum atomic E-state index is -0.987. The largest absolute Gasteiger partial charge is 0.447 e. The number of carbonyl (C=O) groups is 4. The van der Waals surface area contributed by atoms with Gasteiger partial charge in [-0.2, -0.15) is 0 Å². The van der Waals surface area contributed by atoms with Crippen LogP contribution < -0.4 is 0 Å². The van der Waals surface area contributed by atoms with Gasteiger partial charge in [0.15, 0.2) is 0 Å². The molecule has 0 saturated carbocycles. The second-order valence-corrected chi connectivity index (χ2v) is 6.22. The summed E-state index contributed by atoms with van der Waals surface area (Å²) in [5.74, 6) is -1.91. The summed E-state index contributed by atoms with van der Waals surface area (Å²) >= 11 is 0. The highest BCUT2D eigenvalue weighted by Gasteiger charge is 2.41. The predicted octanol–water partition coefficient (Wildman–Crippen LogP) is 2.54. The molecule has 0 N–H and O–H groups in total. The van der Waals surface area contributed by atoms with Gasteiger partial charge in [0.1, 0.15) is 18.2 Å². The van der Waals surface area contributed by atoms with Crippen LogP contribution in [0.3, 0.4) is 0 Å². The van der Waals surface area contributed by atoms with Crippen LogP contribution in [0.25, 0.3) is 0 Å². The number of ether oxygens (including phenoxy) is 1. The summed E-state index contributed by atoms with van der Waals surface area (Å²) in [5.41, 5.74) is 0.976. The molecule has 1 heterocycles. The summed E-state index contributed by atoms with van der Waals surface area (Å²) in [5, 5.41) is 0. The lowest BCUT2D eigenvalue weighted by molar-refractivity contribution is -0.139. The molecule has 2 atom stereocenters. The van der Waals surface area contributed by atoms with Crippen molar-refractivity contribution in [2.45, 2.75) is 45.6 Å². The van der Waals surface area contributed by atoms with E-state index in [-0.39, 0.29) is 31.0 Å². The van der Waals surface area contributed by atoms with Crippen LogP contribution in [-0.4, -0.2) is 41.1 Å². The number of rotatable bonds is 8. The lowest BCUT2D eigenvalue weighted by atomic mass is 9.94. The summed E-state index contributed by atoms with van der Waals surface area (Å²) in [7, 11) is 0.